The molecule has 0 spiro atoms. The van der Waals surface area contributed by atoms with Crippen LogP contribution < -0.4 is 0 Å². The minimum absolute atomic E-state index is 0.808. The first-order chi connectivity index (χ1) is 13.8. The minimum atomic E-state index is -3.28. The fourth-order valence-corrected chi connectivity index (χ4v) is 7.86. The predicted octanol–water partition coefficient (Wildman–Crippen LogP) is 6.13. The highest BCUT2D eigenvalue weighted by atomic mass is 32.2. The molecule has 4 aliphatic heterocycles. The molecule has 0 unspecified atom stereocenters. The summed E-state index contributed by atoms with van der Waals surface area (Å²) in [4.78, 5) is 0. The van der Waals surface area contributed by atoms with Crippen LogP contribution in [0.4, 0.5) is 0 Å². The third-order valence-electron chi connectivity index (χ3n) is 3.98. The Morgan fingerprint density at radius 1 is 0.536 bits per heavy atom. The van der Waals surface area contributed by atoms with E-state index in [0.717, 1.165) is 45.5 Å². The van der Waals surface area contributed by atoms with Gasteiger partial charge < -0.3 is 13.3 Å². The molecule has 0 aromatic rings. The third kappa shape index (κ3) is 5.30. The van der Waals surface area contributed by atoms with E-state index >= 15 is 0 Å². The van der Waals surface area contributed by atoms with E-state index in [1.807, 2.05) is 18.2 Å². The molecule has 0 aromatic heterocycles. The standard InChI is InChI=1S/C20H20O3S4Si/c1-9-24-10-2-17(1)21-28(20-7-15-27-16-8-20,22-18-3-11-25-12-4-18)23-19-5-13-26-14-6-19/h1-9,11,13,15H,10,12,14,16H2. The van der Waals surface area contributed by atoms with Crippen molar-refractivity contribution >= 4 is 55.9 Å². The molecule has 146 valence electrons. The van der Waals surface area contributed by atoms with Crippen LogP contribution in [0.3, 0.4) is 0 Å². The van der Waals surface area contributed by atoms with E-state index in [4.69, 9.17) is 13.3 Å². The number of hydrogen-bond donors (Lipinski definition) is 0. The minimum Gasteiger partial charge on any atom is -0.480 e. The van der Waals surface area contributed by atoms with Crippen LogP contribution in [0.1, 0.15) is 0 Å². The van der Waals surface area contributed by atoms with E-state index < -0.39 is 8.80 Å². The normalized spacial score (nSPS) is 21.4. The van der Waals surface area contributed by atoms with Crippen LogP contribution in [0, 0.1) is 0 Å². The smallest absolute Gasteiger partial charge is 0.480 e. The Hall–Kier alpha value is -1.06. The molecule has 0 bridgehead atoms. The van der Waals surface area contributed by atoms with E-state index in [0.29, 0.717) is 0 Å². The topological polar surface area (TPSA) is 27.7 Å². The number of thioether (sulfide) groups is 4. The third-order valence-corrected chi connectivity index (χ3v) is 9.32. The molecule has 28 heavy (non-hydrogen) atoms. The lowest BCUT2D eigenvalue weighted by Crippen LogP contribution is -2.47. The number of hydrogen-bond acceptors (Lipinski definition) is 7. The molecule has 0 atom stereocenters. The van der Waals surface area contributed by atoms with Crippen LogP contribution >= 0.6 is 47.0 Å². The average Bonchev–Trinajstić information content (AvgIpc) is 2.76. The van der Waals surface area contributed by atoms with Gasteiger partial charge in [-0.25, -0.2) is 0 Å². The molecule has 0 N–H and O–H groups in total. The zero-order valence-electron chi connectivity index (χ0n) is 15.1. The molecule has 0 aliphatic carbocycles. The molecule has 0 radical (unpaired) electrons. The summed E-state index contributed by atoms with van der Waals surface area (Å²) in [6, 6.07) is 0. The van der Waals surface area contributed by atoms with Crippen LogP contribution in [0.2, 0.25) is 0 Å². The van der Waals surface area contributed by atoms with E-state index in [-0.39, 0.29) is 0 Å². The van der Waals surface area contributed by atoms with Gasteiger partial charge in [0.1, 0.15) is 17.3 Å². The van der Waals surface area contributed by atoms with Crippen molar-refractivity contribution in [1.82, 2.24) is 0 Å². The van der Waals surface area contributed by atoms with Crippen molar-refractivity contribution in [3.63, 3.8) is 0 Å². The van der Waals surface area contributed by atoms with Gasteiger partial charge in [-0.3, -0.25) is 0 Å². The Bertz CT molecular complexity index is 753. The lowest BCUT2D eigenvalue weighted by molar-refractivity contribution is 0.165. The first-order valence-corrected chi connectivity index (χ1v) is 14.8. The molecule has 4 aliphatic rings. The second-order valence-corrected chi connectivity index (χ2v) is 11.9. The predicted molar refractivity (Wildman–Crippen MR) is 128 cm³/mol. The average molecular weight is 465 g/mol. The van der Waals surface area contributed by atoms with E-state index in [1.165, 1.54) is 0 Å². The summed E-state index contributed by atoms with van der Waals surface area (Å²) in [5, 5.41) is 9.27. The maximum absolute atomic E-state index is 6.59. The highest BCUT2D eigenvalue weighted by Gasteiger charge is 2.54. The fraction of sp³-hybridized carbons (Fsp3) is 0.200. The maximum Gasteiger partial charge on any atom is 0.736 e. The SMILES string of the molecule is C1=CC(O[Si](OC2=CCSC=C2)(OC2=CCSC=C2)C2=CCSC=C2)=CCS1. The summed E-state index contributed by atoms with van der Waals surface area (Å²) in [6.45, 7) is 0. The van der Waals surface area contributed by atoms with E-state index in [9.17, 15) is 0 Å². The zero-order valence-corrected chi connectivity index (χ0v) is 19.4. The highest BCUT2D eigenvalue weighted by Crippen LogP contribution is 2.35. The summed E-state index contributed by atoms with van der Waals surface area (Å²) in [7, 11) is -3.28. The zero-order chi connectivity index (χ0) is 19.1. The van der Waals surface area contributed by atoms with Crippen molar-refractivity contribution in [3.8, 4) is 0 Å². The Labute approximate surface area is 184 Å². The largest absolute Gasteiger partial charge is 0.736 e. The second kappa shape index (κ2) is 10.1. The monoisotopic (exact) mass is 464 g/mol. The lowest BCUT2D eigenvalue weighted by Gasteiger charge is -2.33. The molecule has 3 nitrogen and oxygen atoms in total. The molecule has 4 heterocycles. The molecule has 4 rings (SSSR count). The van der Waals surface area contributed by atoms with E-state index in [1.54, 1.807) is 47.0 Å². The van der Waals surface area contributed by atoms with Crippen LogP contribution in [-0.4, -0.2) is 31.8 Å². The number of rotatable bonds is 7. The summed E-state index contributed by atoms with van der Waals surface area (Å²) >= 11 is 6.99. The molecular formula is C20H20O3S4Si. The molecule has 0 saturated carbocycles. The van der Waals surface area contributed by atoms with E-state index in [2.05, 4.69) is 52.0 Å². The molecule has 0 saturated heterocycles. The van der Waals surface area contributed by atoms with Gasteiger partial charge in [0.15, 0.2) is 0 Å². The van der Waals surface area contributed by atoms with Crippen molar-refractivity contribution in [1.29, 1.82) is 0 Å². The Kier molecular flexibility index (Phi) is 7.30. The molecule has 0 fully saturated rings. The highest BCUT2D eigenvalue weighted by molar-refractivity contribution is 8.02. The molecule has 0 amide bonds. The van der Waals surface area contributed by atoms with Gasteiger partial charge in [0.25, 0.3) is 0 Å². The van der Waals surface area contributed by atoms with Gasteiger partial charge in [0, 0.05) is 23.0 Å². The summed E-state index contributed by atoms with van der Waals surface area (Å²) in [5.74, 6) is 5.97. The van der Waals surface area contributed by atoms with Gasteiger partial charge in [0.2, 0.25) is 0 Å². The second-order valence-electron chi connectivity index (χ2n) is 5.89. The summed E-state index contributed by atoms with van der Waals surface area (Å²) in [5.41, 5.74) is 0. The van der Waals surface area contributed by atoms with Gasteiger partial charge in [-0.15, -0.1) is 47.0 Å². The van der Waals surface area contributed by atoms with Crippen molar-refractivity contribution in [2.24, 2.45) is 0 Å². The Morgan fingerprint density at radius 3 is 1.25 bits per heavy atom. The fourth-order valence-electron chi connectivity index (χ4n) is 2.65. The summed E-state index contributed by atoms with van der Waals surface area (Å²) in [6.07, 6.45) is 16.5. The van der Waals surface area contributed by atoms with Gasteiger partial charge in [-0.05, 0) is 64.2 Å². The molecule has 8 heteroatoms. The van der Waals surface area contributed by atoms with Crippen molar-refractivity contribution in [2.75, 3.05) is 23.0 Å². The lowest BCUT2D eigenvalue weighted by atomic mass is 10.4. The summed E-state index contributed by atoms with van der Waals surface area (Å²) < 4.78 is 19.8. The molecule has 0 aromatic carbocycles. The van der Waals surface area contributed by atoms with Crippen molar-refractivity contribution in [2.45, 2.75) is 0 Å². The van der Waals surface area contributed by atoms with Crippen molar-refractivity contribution in [3.05, 3.63) is 92.7 Å². The van der Waals surface area contributed by atoms with Crippen molar-refractivity contribution < 1.29 is 13.3 Å². The van der Waals surface area contributed by atoms with Gasteiger partial charge in [-0.1, -0.05) is 6.08 Å². The molecular weight excluding hydrogens is 445 g/mol. The van der Waals surface area contributed by atoms with Gasteiger partial charge in [-0.2, -0.15) is 0 Å². The Morgan fingerprint density at radius 2 is 0.929 bits per heavy atom. The van der Waals surface area contributed by atoms with Gasteiger partial charge >= 0.3 is 8.80 Å². The Balaban J connectivity index is 1.72. The van der Waals surface area contributed by atoms with Crippen LogP contribution in [0.15, 0.2) is 92.7 Å². The number of allylic oxidation sites excluding steroid dienone is 5. The first kappa shape index (κ1) is 20.2. The van der Waals surface area contributed by atoms with Crippen LogP contribution in [0.5, 0.6) is 0 Å². The van der Waals surface area contributed by atoms with Crippen LogP contribution in [-0.2, 0) is 13.3 Å². The van der Waals surface area contributed by atoms with Gasteiger partial charge in [0.05, 0.1) is 5.20 Å². The maximum atomic E-state index is 6.59. The van der Waals surface area contributed by atoms with Crippen LogP contribution in [0.25, 0.3) is 0 Å². The first-order valence-electron chi connectivity index (χ1n) is 8.85. The quantitative estimate of drug-likeness (QED) is 0.418.